The minimum absolute atomic E-state index is 0.0555. The quantitative estimate of drug-likeness (QED) is 0.755. The van der Waals surface area contributed by atoms with Crippen molar-refractivity contribution < 1.29 is 0 Å². The van der Waals surface area contributed by atoms with E-state index in [1.165, 1.54) is 0 Å². The second-order valence-corrected chi connectivity index (χ2v) is 4.26. The summed E-state index contributed by atoms with van der Waals surface area (Å²) in [5.41, 5.74) is 3.11. The van der Waals surface area contributed by atoms with Gasteiger partial charge in [0.1, 0.15) is 0 Å². The van der Waals surface area contributed by atoms with Crippen LogP contribution in [0.3, 0.4) is 0 Å². The minimum Gasteiger partial charge on any atom is -0.280 e. The Balaban J connectivity index is 1.98. The van der Waals surface area contributed by atoms with E-state index in [1.807, 2.05) is 18.2 Å². The predicted molar refractivity (Wildman–Crippen MR) is 63.8 cm³/mol. The Hall–Kier alpha value is -2.01. The van der Waals surface area contributed by atoms with Gasteiger partial charge in [0.2, 0.25) is 0 Å². The van der Waals surface area contributed by atoms with Crippen molar-refractivity contribution in [3.05, 3.63) is 42.1 Å². The molecule has 16 heavy (non-hydrogen) atoms. The summed E-state index contributed by atoms with van der Waals surface area (Å²) in [6.07, 6.45) is 7.69. The lowest BCUT2D eigenvalue weighted by Crippen LogP contribution is -2.02. The summed E-state index contributed by atoms with van der Waals surface area (Å²) in [7, 11) is 0. The Morgan fingerprint density at radius 2 is 2.00 bits per heavy atom. The molecular weight excluding hydrogens is 196 g/mol. The standard InChI is InChI=1S/C14H12N2/c1-2-14(8-9-14)13-10-12(15-16-13)11-6-4-3-5-7-11/h1,3-7,10H,8-9H2,(H,15,16). The van der Waals surface area contributed by atoms with Crippen molar-refractivity contribution in [1.82, 2.24) is 10.2 Å². The van der Waals surface area contributed by atoms with Crippen molar-refractivity contribution in [3.8, 4) is 23.6 Å². The predicted octanol–water partition coefficient (Wildman–Crippen LogP) is 2.74. The number of rotatable bonds is 2. The first-order chi connectivity index (χ1) is 7.84. The van der Waals surface area contributed by atoms with E-state index in [0.29, 0.717) is 0 Å². The highest BCUT2D eigenvalue weighted by atomic mass is 15.1. The number of nitrogens with one attached hydrogen (secondary N) is 1. The number of aromatic amines is 1. The van der Waals surface area contributed by atoms with Gasteiger partial charge in [-0.2, -0.15) is 5.10 Å². The van der Waals surface area contributed by atoms with Crippen molar-refractivity contribution >= 4 is 0 Å². The third-order valence-electron chi connectivity index (χ3n) is 3.19. The number of terminal acetylenes is 1. The van der Waals surface area contributed by atoms with Crippen LogP contribution in [-0.2, 0) is 5.41 Å². The summed E-state index contributed by atoms with van der Waals surface area (Å²) in [6.45, 7) is 0. The molecule has 1 aliphatic carbocycles. The van der Waals surface area contributed by atoms with Crippen molar-refractivity contribution in [2.45, 2.75) is 18.3 Å². The topological polar surface area (TPSA) is 28.7 Å². The average molecular weight is 208 g/mol. The van der Waals surface area contributed by atoms with Crippen molar-refractivity contribution in [3.63, 3.8) is 0 Å². The molecule has 0 aliphatic heterocycles. The molecule has 1 N–H and O–H groups in total. The molecule has 0 radical (unpaired) electrons. The minimum atomic E-state index is -0.0555. The van der Waals surface area contributed by atoms with Gasteiger partial charge in [-0.1, -0.05) is 36.3 Å². The second kappa shape index (κ2) is 3.24. The average Bonchev–Trinajstić information content (AvgIpc) is 3.00. The lowest BCUT2D eigenvalue weighted by atomic mass is 10.0. The number of nitrogens with zero attached hydrogens (tertiary/aromatic N) is 1. The maximum atomic E-state index is 5.55. The first-order valence-electron chi connectivity index (χ1n) is 5.43. The Bertz CT molecular complexity index is 542. The molecule has 1 aliphatic rings. The van der Waals surface area contributed by atoms with E-state index in [1.54, 1.807) is 0 Å². The smallest absolute Gasteiger partial charge is 0.0924 e. The fourth-order valence-electron chi connectivity index (χ4n) is 1.94. The van der Waals surface area contributed by atoms with Crippen molar-refractivity contribution in [2.75, 3.05) is 0 Å². The Kier molecular flexibility index (Phi) is 1.87. The van der Waals surface area contributed by atoms with Gasteiger partial charge in [0, 0.05) is 5.56 Å². The maximum Gasteiger partial charge on any atom is 0.0924 e. The fourth-order valence-corrected chi connectivity index (χ4v) is 1.94. The zero-order valence-electron chi connectivity index (χ0n) is 8.90. The van der Waals surface area contributed by atoms with Gasteiger partial charge >= 0.3 is 0 Å². The van der Waals surface area contributed by atoms with E-state index in [2.05, 4.69) is 34.3 Å². The van der Waals surface area contributed by atoms with Gasteiger partial charge in [-0.05, 0) is 18.9 Å². The van der Waals surface area contributed by atoms with E-state index in [4.69, 9.17) is 6.42 Å². The van der Waals surface area contributed by atoms with Gasteiger partial charge in [-0.3, -0.25) is 5.10 Å². The van der Waals surface area contributed by atoms with Crippen LogP contribution in [0.4, 0.5) is 0 Å². The van der Waals surface area contributed by atoms with Crippen molar-refractivity contribution in [2.24, 2.45) is 0 Å². The number of benzene rings is 1. The van der Waals surface area contributed by atoms with Gasteiger partial charge in [0.15, 0.2) is 0 Å². The molecule has 2 nitrogen and oxygen atoms in total. The van der Waals surface area contributed by atoms with E-state index in [0.717, 1.165) is 29.8 Å². The molecule has 1 saturated carbocycles. The highest BCUT2D eigenvalue weighted by molar-refractivity contribution is 5.60. The summed E-state index contributed by atoms with van der Waals surface area (Å²) in [4.78, 5) is 0. The van der Waals surface area contributed by atoms with Gasteiger partial charge in [0.25, 0.3) is 0 Å². The molecule has 78 valence electrons. The highest BCUT2D eigenvalue weighted by Crippen LogP contribution is 2.47. The second-order valence-electron chi connectivity index (χ2n) is 4.26. The van der Waals surface area contributed by atoms with Crippen LogP contribution < -0.4 is 0 Å². The molecule has 1 fully saturated rings. The zero-order valence-corrected chi connectivity index (χ0v) is 8.90. The van der Waals surface area contributed by atoms with E-state index >= 15 is 0 Å². The van der Waals surface area contributed by atoms with E-state index < -0.39 is 0 Å². The summed E-state index contributed by atoms with van der Waals surface area (Å²) in [6, 6.07) is 12.2. The third kappa shape index (κ3) is 1.33. The van der Waals surface area contributed by atoms with E-state index in [-0.39, 0.29) is 5.41 Å². The van der Waals surface area contributed by atoms with Crippen LogP contribution in [-0.4, -0.2) is 10.2 Å². The lowest BCUT2D eigenvalue weighted by Gasteiger charge is -2.01. The van der Waals surface area contributed by atoms with Gasteiger partial charge in [-0.25, -0.2) is 0 Å². The van der Waals surface area contributed by atoms with Crippen LogP contribution in [0.1, 0.15) is 18.5 Å². The van der Waals surface area contributed by atoms with Crippen LogP contribution >= 0.6 is 0 Å². The largest absolute Gasteiger partial charge is 0.280 e. The summed E-state index contributed by atoms with van der Waals surface area (Å²) >= 11 is 0. The monoisotopic (exact) mass is 208 g/mol. The maximum absolute atomic E-state index is 5.55. The van der Waals surface area contributed by atoms with Crippen LogP contribution in [0.25, 0.3) is 11.3 Å². The number of aromatic nitrogens is 2. The Morgan fingerprint density at radius 1 is 1.25 bits per heavy atom. The van der Waals surface area contributed by atoms with Crippen molar-refractivity contribution in [1.29, 1.82) is 0 Å². The molecule has 1 aromatic carbocycles. The van der Waals surface area contributed by atoms with E-state index in [9.17, 15) is 0 Å². The fraction of sp³-hybridized carbons (Fsp3) is 0.214. The number of H-pyrrole nitrogens is 1. The van der Waals surface area contributed by atoms with Crippen LogP contribution in [0.5, 0.6) is 0 Å². The molecule has 0 spiro atoms. The first kappa shape index (κ1) is 9.23. The lowest BCUT2D eigenvalue weighted by molar-refractivity contribution is 0.852. The normalized spacial score (nSPS) is 16.7. The molecule has 0 unspecified atom stereocenters. The highest BCUT2D eigenvalue weighted by Gasteiger charge is 2.44. The molecular formula is C14H12N2. The van der Waals surface area contributed by atoms with Crippen LogP contribution in [0.15, 0.2) is 36.4 Å². The molecule has 0 atom stereocenters. The van der Waals surface area contributed by atoms with Crippen LogP contribution in [0, 0.1) is 12.3 Å². The SMILES string of the molecule is C#CC1(c2cc(-c3ccccc3)n[nH]2)CC1. The molecule has 0 amide bonds. The molecule has 0 bridgehead atoms. The molecule has 2 heteroatoms. The molecule has 2 aromatic rings. The Labute approximate surface area is 94.7 Å². The summed E-state index contributed by atoms with van der Waals surface area (Å²) in [5, 5.41) is 7.39. The Morgan fingerprint density at radius 3 is 2.62 bits per heavy atom. The summed E-state index contributed by atoms with van der Waals surface area (Å²) in [5.74, 6) is 2.86. The first-order valence-corrected chi connectivity index (χ1v) is 5.43. The van der Waals surface area contributed by atoms with Gasteiger partial charge in [-0.15, -0.1) is 6.42 Å². The van der Waals surface area contributed by atoms with Gasteiger partial charge in [0.05, 0.1) is 16.8 Å². The number of hydrogen-bond acceptors (Lipinski definition) is 1. The molecule has 1 aromatic heterocycles. The number of hydrogen-bond donors (Lipinski definition) is 1. The van der Waals surface area contributed by atoms with Gasteiger partial charge < -0.3 is 0 Å². The molecule has 0 saturated heterocycles. The molecule has 3 rings (SSSR count). The van der Waals surface area contributed by atoms with Crippen LogP contribution in [0.2, 0.25) is 0 Å². The third-order valence-corrected chi connectivity index (χ3v) is 3.19. The molecule has 1 heterocycles. The zero-order chi connectivity index (χ0) is 11.0. The summed E-state index contributed by atoms with van der Waals surface area (Å²) < 4.78 is 0.